The molecule has 2 saturated heterocycles. The van der Waals surface area contributed by atoms with Gasteiger partial charge < -0.3 is 14.0 Å². The van der Waals surface area contributed by atoms with Crippen LogP contribution in [0, 0.1) is 5.92 Å². The largest absolute Gasteiger partial charge is 0.494 e. The maximum atomic E-state index is 6.31. The molecule has 4 heteroatoms. The molecule has 0 aliphatic carbocycles. The second kappa shape index (κ2) is 7.05. The van der Waals surface area contributed by atoms with Crippen molar-refractivity contribution in [2.45, 2.75) is 77.9 Å². The Morgan fingerprint density at radius 2 is 1.60 bits per heavy atom. The van der Waals surface area contributed by atoms with Crippen LogP contribution in [0.5, 0.6) is 0 Å². The predicted molar refractivity (Wildman–Crippen MR) is 103 cm³/mol. The van der Waals surface area contributed by atoms with Gasteiger partial charge in [-0.05, 0) is 75.4 Å². The molecule has 0 saturated carbocycles. The zero-order chi connectivity index (χ0) is 18.2. The highest BCUT2D eigenvalue weighted by Crippen LogP contribution is 2.37. The number of hydrogen-bond donors (Lipinski definition) is 0. The van der Waals surface area contributed by atoms with E-state index in [2.05, 4.69) is 59.7 Å². The lowest BCUT2D eigenvalue weighted by molar-refractivity contribution is 0.00578. The Labute approximate surface area is 153 Å². The zero-order valence-corrected chi connectivity index (χ0v) is 16.7. The standard InChI is InChI=1S/C21H33BO3/c1-15(2)11-16-12-18(17-7-9-23-10-8-17)14-19(13-16)22-24-20(3,4)21(5,6)25-22/h12-15,17H,7-11H2,1-6H3. The number of ether oxygens (including phenoxy) is 1. The van der Waals surface area contributed by atoms with E-state index in [0.29, 0.717) is 11.8 Å². The molecule has 2 aliphatic rings. The van der Waals surface area contributed by atoms with Crippen molar-refractivity contribution in [2.75, 3.05) is 13.2 Å². The third kappa shape index (κ3) is 4.12. The first-order valence-corrected chi connectivity index (χ1v) is 9.75. The van der Waals surface area contributed by atoms with E-state index in [4.69, 9.17) is 14.0 Å². The maximum absolute atomic E-state index is 6.31. The molecule has 1 aromatic carbocycles. The normalized spacial score (nSPS) is 23.4. The van der Waals surface area contributed by atoms with Gasteiger partial charge >= 0.3 is 7.12 Å². The summed E-state index contributed by atoms with van der Waals surface area (Å²) in [7, 11) is -0.282. The summed E-state index contributed by atoms with van der Waals surface area (Å²) in [6.07, 6.45) is 3.30. The van der Waals surface area contributed by atoms with Crippen molar-refractivity contribution in [3.05, 3.63) is 29.3 Å². The Morgan fingerprint density at radius 1 is 1.00 bits per heavy atom. The van der Waals surface area contributed by atoms with Crippen LogP contribution in [0.15, 0.2) is 18.2 Å². The van der Waals surface area contributed by atoms with Crippen LogP contribution < -0.4 is 5.46 Å². The molecule has 25 heavy (non-hydrogen) atoms. The van der Waals surface area contributed by atoms with Crippen LogP contribution in [0.2, 0.25) is 0 Å². The molecule has 2 aliphatic heterocycles. The van der Waals surface area contributed by atoms with E-state index in [1.54, 1.807) is 0 Å². The second-order valence-corrected chi connectivity index (χ2v) is 9.08. The van der Waals surface area contributed by atoms with E-state index in [0.717, 1.165) is 32.5 Å². The average Bonchev–Trinajstić information content (AvgIpc) is 2.75. The van der Waals surface area contributed by atoms with Crippen molar-refractivity contribution < 1.29 is 14.0 Å². The van der Waals surface area contributed by atoms with Crippen LogP contribution >= 0.6 is 0 Å². The summed E-state index contributed by atoms with van der Waals surface area (Å²) in [6.45, 7) is 14.7. The van der Waals surface area contributed by atoms with Crippen LogP contribution in [-0.2, 0) is 20.5 Å². The molecule has 0 N–H and O–H groups in total. The molecule has 0 amide bonds. The first-order valence-electron chi connectivity index (χ1n) is 9.75. The molecule has 3 nitrogen and oxygen atoms in total. The molecule has 2 heterocycles. The lowest BCUT2D eigenvalue weighted by Gasteiger charge is -2.32. The minimum Gasteiger partial charge on any atom is -0.399 e. The van der Waals surface area contributed by atoms with Gasteiger partial charge in [-0.2, -0.15) is 0 Å². The van der Waals surface area contributed by atoms with Gasteiger partial charge in [-0.1, -0.05) is 32.0 Å². The summed E-state index contributed by atoms with van der Waals surface area (Å²) in [4.78, 5) is 0. The van der Waals surface area contributed by atoms with Gasteiger partial charge in [-0.25, -0.2) is 0 Å². The van der Waals surface area contributed by atoms with Gasteiger partial charge in [0.25, 0.3) is 0 Å². The molecule has 0 radical (unpaired) electrons. The summed E-state index contributed by atoms with van der Waals surface area (Å²) in [5.74, 6) is 1.22. The summed E-state index contributed by atoms with van der Waals surface area (Å²) in [6, 6.07) is 6.98. The molecule has 0 aromatic heterocycles. The van der Waals surface area contributed by atoms with Gasteiger partial charge in [0.2, 0.25) is 0 Å². The minimum absolute atomic E-state index is 0.282. The topological polar surface area (TPSA) is 27.7 Å². The monoisotopic (exact) mass is 344 g/mol. The van der Waals surface area contributed by atoms with E-state index in [1.165, 1.54) is 16.6 Å². The van der Waals surface area contributed by atoms with E-state index in [9.17, 15) is 0 Å². The fourth-order valence-electron chi connectivity index (χ4n) is 3.72. The molecule has 1 aromatic rings. The van der Waals surface area contributed by atoms with E-state index in [-0.39, 0.29) is 18.3 Å². The minimum atomic E-state index is -0.301. The third-order valence-electron chi connectivity index (χ3n) is 5.90. The van der Waals surface area contributed by atoms with Crippen molar-refractivity contribution in [2.24, 2.45) is 5.92 Å². The molecular formula is C21H33BO3. The van der Waals surface area contributed by atoms with E-state index in [1.807, 2.05) is 0 Å². The van der Waals surface area contributed by atoms with Gasteiger partial charge in [0.15, 0.2) is 0 Å². The van der Waals surface area contributed by atoms with Crippen molar-refractivity contribution in [3.8, 4) is 0 Å². The van der Waals surface area contributed by atoms with Crippen molar-refractivity contribution in [1.82, 2.24) is 0 Å². The highest BCUT2D eigenvalue weighted by Gasteiger charge is 2.51. The first-order chi connectivity index (χ1) is 11.7. The Morgan fingerprint density at radius 3 is 2.16 bits per heavy atom. The fraction of sp³-hybridized carbons (Fsp3) is 0.714. The summed E-state index contributed by atoms with van der Waals surface area (Å²) in [5.41, 5.74) is 3.38. The molecule has 2 fully saturated rings. The zero-order valence-electron chi connectivity index (χ0n) is 16.7. The summed E-state index contributed by atoms with van der Waals surface area (Å²) in [5, 5.41) is 0. The molecule has 0 spiro atoms. The SMILES string of the molecule is CC(C)Cc1cc(B2OC(C)(C)C(C)(C)O2)cc(C2CCOCC2)c1. The molecule has 0 bridgehead atoms. The lowest BCUT2D eigenvalue weighted by atomic mass is 9.75. The van der Waals surface area contributed by atoms with Gasteiger partial charge in [-0.15, -0.1) is 0 Å². The average molecular weight is 344 g/mol. The maximum Gasteiger partial charge on any atom is 0.494 e. The summed E-state index contributed by atoms with van der Waals surface area (Å²) >= 11 is 0. The second-order valence-electron chi connectivity index (χ2n) is 9.08. The van der Waals surface area contributed by atoms with Crippen LogP contribution in [0.3, 0.4) is 0 Å². The lowest BCUT2D eigenvalue weighted by Crippen LogP contribution is -2.41. The van der Waals surface area contributed by atoms with Crippen LogP contribution in [0.4, 0.5) is 0 Å². The van der Waals surface area contributed by atoms with Crippen LogP contribution in [-0.4, -0.2) is 31.5 Å². The smallest absolute Gasteiger partial charge is 0.399 e. The number of rotatable bonds is 4. The fourth-order valence-corrected chi connectivity index (χ4v) is 3.72. The summed E-state index contributed by atoms with van der Waals surface area (Å²) < 4.78 is 18.2. The predicted octanol–water partition coefficient (Wildman–Crippen LogP) is 4.08. The van der Waals surface area contributed by atoms with Crippen LogP contribution in [0.1, 0.15) is 71.4 Å². The van der Waals surface area contributed by atoms with Crippen molar-refractivity contribution in [3.63, 3.8) is 0 Å². The quantitative estimate of drug-likeness (QED) is 0.771. The van der Waals surface area contributed by atoms with Crippen molar-refractivity contribution in [1.29, 1.82) is 0 Å². The Balaban J connectivity index is 1.92. The Kier molecular flexibility index (Phi) is 5.34. The van der Waals surface area contributed by atoms with E-state index >= 15 is 0 Å². The molecule has 0 atom stereocenters. The number of hydrogen-bond acceptors (Lipinski definition) is 3. The molecule has 3 rings (SSSR count). The molecule has 138 valence electrons. The number of benzene rings is 1. The van der Waals surface area contributed by atoms with Gasteiger partial charge in [0.05, 0.1) is 11.2 Å². The molecular weight excluding hydrogens is 311 g/mol. The Hall–Kier alpha value is -0.835. The van der Waals surface area contributed by atoms with Crippen molar-refractivity contribution >= 4 is 12.6 Å². The highest BCUT2D eigenvalue weighted by molar-refractivity contribution is 6.62. The highest BCUT2D eigenvalue weighted by atomic mass is 16.7. The van der Waals surface area contributed by atoms with Gasteiger partial charge in [-0.3, -0.25) is 0 Å². The van der Waals surface area contributed by atoms with Gasteiger partial charge in [0.1, 0.15) is 0 Å². The van der Waals surface area contributed by atoms with Crippen LogP contribution in [0.25, 0.3) is 0 Å². The van der Waals surface area contributed by atoms with E-state index < -0.39 is 0 Å². The molecule has 0 unspecified atom stereocenters. The third-order valence-corrected chi connectivity index (χ3v) is 5.90. The van der Waals surface area contributed by atoms with Gasteiger partial charge in [0, 0.05) is 13.2 Å². The first kappa shape index (κ1) is 18.9. The Bertz CT molecular complexity index is 587.